The molecule has 0 unspecified atom stereocenters. The van der Waals surface area contributed by atoms with Crippen molar-refractivity contribution in [2.24, 2.45) is 0 Å². The smallest absolute Gasteiger partial charge is 0.172 e. The Hall–Kier alpha value is -6.98. The van der Waals surface area contributed by atoms with Gasteiger partial charge in [0.1, 0.15) is 11.1 Å². The summed E-state index contributed by atoms with van der Waals surface area (Å²) < 4.78 is 10.7. The predicted molar refractivity (Wildman–Crippen MR) is 209 cm³/mol. The molecule has 0 N–H and O–H groups in total. The van der Waals surface area contributed by atoms with E-state index in [4.69, 9.17) is 14.4 Å². The van der Waals surface area contributed by atoms with Crippen LogP contribution >= 0.6 is 0 Å². The minimum Gasteiger partial charge on any atom is -0.453 e. The van der Waals surface area contributed by atoms with Crippen LogP contribution < -0.4 is 0 Å². The quantitative estimate of drug-likeness (QED) is 0.190. The number of para-hydroxylation sites is 4. The Bertz CT molecular complexity index is 3150. The Morgan fingerprint density at radius 2 is 1.02 bits per heavy atom. The van der Waals surface area contributed by atoms with Gasteiger partial charge in [-0.05, 0) is 77.9 Å². The Labute approximate surface area is 292 Å². The number of fused-ring (bicyclic) bond motifs is 9. The fourth-order valence-corrected chi connectivity index (χ4v) is 7.87. The highest BCUT2D eigenvalue weighted by Crippen LogP contribution is 2.38. The van der Waals surface area contributed by atoms with Gasteiger partial charge in [0.25, 0.3) is 0 Å². The van der Waals surface area contributed by atoms with E-state index in [0.29, 0.717) is 11.4 Å². The van der Waals surface area contributed by atoms with Gasteiger partial charge in [-0.3, -0.25) is 0 Å². The molecule has 7 aromatic carbocycles. The van der Waals surface area contributed by atoms with Crippen LogP contribution in [0.15, 0.2) is 174 Å². The first-order valence-corrected chi connectivity index (χ1v) is 17.2. The molecule has 0 radical (unpaired) electrons. The van der Waals surface area contributed by atoms with E-state index in [0.717, 1.165) is 44.5 Å². The molecule has 11 rings (SSSR count). The van der Waals surface area contributed by atoms with Crippen LogP contribution in [0.1, 0.15) is 0 Å². The second-order valence-electron chi connectivity index (χ2n) is 13.1. The third-order valence-electron chi connectivity index (χ3n) is 10.2. The van der Waals surface area contributed by atoms with Crippen LogP contribution in [-0.2, 0) is 0 Å². The molecule has 5 nitrogen and oxygen atoms in total. The molecular formula is C46H28N4O. The zero-order chi connectivity index (χ0) is 33.5. The third-order valence-corrected chi connectivity index (χ3v) is 10.2. The van der Waals surface area contributed by atoms with E-state index < -0.39 is 0 Å². The molecule has 0 aliphatic carbocycles. The van der Waals surface area contributed by atoms with Gasteiger partial charge >= 0.3 is 0 Å². The maximum Gasteiger partial charge on any atom is 0.172 e. The van der Waals surface area contributed by atoms with Crippen molar-refractivity contribution in [3.8, 4) is 33.9 Å². The third kappa shape index (κ3) is 4.22. The average molecular weight is 653 g/mol. The van der Waals surface area contributed by atoms with Crippen molar-refractivity contribution in [3.63, 3.8) is 0 Å². The Morgan fingerprint density at radius 1 is 0.392 bits per heavy atom. The topological polar surface area (TPSA) is 48.8 Å². The van der Waals surface area contributed by atoms with Crippen molar-refractivity contribution in [1.29, 1.82) is 0 Å². The molecule has 0 spiro atoms. The van der Waals surface area contributed by atoms with Gasteiger partial charge in [-0.15, -0.1) is 0 Å². The van der Waals surface area contributed by atoms with Gasteiger partial charge in [0.05, 0.1) is 28.3 Å². The minimum atomic E-state index is 0.667. The second kappa shape index (κ2) is 10.8. The standard InChI is InChI=1S/C46H28N4O/c1-2-12-32(13-3-1)49-40-19-8-5-16-35(40)38-26-29(22-24-41(38)49)30-21-23-36-34-15-4-7-18-39(34)50(42(36)27-30)33-14-10-11-31(25-33)46-47-28-44-45(48-46)37-17-6-9-20-43(37)51-44/h1-28H. The number of hydrogen-bond donors (Lipinski definition) is 0. The molecular weight excluding hydrogens is 625 g/mol. The maximum atomic E-state index is 6.01. The molecule has 4 aromatic heterocycles. The van der Waals surface area contributed by atoms with Gasteiger partial charge in [-0.1, -0.05) is 97.1 Å². The summed E-state index contributed by atoms with van der Waals surface area (Å²) in [6.07, 6.45) is 1.78. The van der Waals surface area contributed by atoms with Crippen LogP contribution in [0.25, 0.3) is 99.6 Å². The first-order chi connectivity index (χ1) is 25.3. The van der Waals surface area contributed by atoms with Gasteiger partial charge in [-0.2, -0.15) is 0 Å². The summed E-state index contributed by atoms with van der Waals surface area (Å²) in [6, 6.07) is 58.2. The van der Waals surface area contributed by atoms with Crippen molar-refractivity contribution in [1.82, 2.24) is 19.1 Å². The van der Waals surface area contributed by atoms with Crippen molar-refractivity contribution >= 4 is 65.7 Å². The summed E-state index contributed by atoms with van der Waals surface area (Å²) in [5.74, 6) is 0.667. The monoisotopic (exact) mass is 652 g/mol. The van der Waals surface area contributed by atoms with E-state index in [2.05, 4.69) is 149 Å². The molecule has 0 bridgehead atoms. The van der Waals surface area contributed by atoms with E-state index in [-0.39, 0.29) is 0 Å². The van der Waals surface area contributed by atoms with Gasteiger partial charge < -0.3 is 13.6 Å². The summed E-state index contributed by atoms with van der Waals surface area (Å²) in [7, 11) is 0. The lowest BCUT2D eigenvalue weighted by Gasteiger charge is -2.11. The molecule has 5 heteroatoms. The number of rotatable bonds is 4. The first kappa shape index (κ1) is 27.9. The van der Waals surface area contributed by atoms with Crippen LogP contribution in [0.3, 0.4) is 0 Å². The fraction of sp³-hybridized carbons (Fsp3) is 0. The van der Waals surface area contributed by atoms with Crippen LogP contribution in [0.2, 0.25) is 0 Å². The first-order valence-electron chi connectivity index (χ1n) is 17.2. The van der Waals surface area contributed by atoms with Crippen molar-refractivity contribution in [3.05, 3.63) is 170 Å². The van der Waals surface area contributed by atoms with Crippen molar-refractivity contribution in [2.45, 2.75) is 0 Å². The van der Waals surface area contributed by atoms with E-state index in [1.165, 1.54) is 43.7 Å². The van der Waals surface area contributed by atoms with Gasteiger partial charge in [0.15, 0.2) is 11.4 Å². The molecule has 11 aromatic rings. The molecule has 0 aliphatic rings. The molecule has 0 fully saturated rings. The van der Waals surface area contributed by atoms with Gasteiger partial charge in [0.2, 0.25) is 0 Å². The summed E-state index contributed by atoms with van der Waals surface area (Å²) in [6.45, 7) is 0. The molecule has 0 saturated carbocycles. The molecule has 0 amide bonds. The maximum absolute atomic E-state index is 6.01. The van der Waals surface area contributed by atoms with Gasteiger partial charge in [-0.25, -0.2) is 9.97 Å². The highest BCUT2D eigenvalue weighted by Gasteiger charge is 2.17. The molecule has 4 heterocycles. The Kier molecular flexibility index (Phi) is 5.89. The number of aromatic nitrogens is 4. The van der Waals surface area contributed by atoms with Crippen LogP contribution in [0.4, 0.5) is 0 Å². The molecule has 0 saturated heterocycles. The molecule has 0 aliphatic heterocycles. The van der Waals surface area contributed by atoms with Crippen LogP contribution in [-0.4, -0.2) is 19.1 Å². The lowest BCUT2D eigenvalue weighted by molar-refractivity contribution is 0.666. The average Bonchev–Trinajstić information content (AvgIpc) is 3.85. The number of hydrogen-bond acceptors (Lipinski definition) is 3. The zero-order valence-corrected chi connectivity index (χ0v) is 27.4. The van der Waals surface area contributed by atoms with Gasteiger partial charge in [0, 0.05) is 43.9 Å². The van der Waals surface area contributed by atoms with E-state index in [1.54, 1.807) is 6.20 Å². The minimum absolute atomic E-state index is 0.667. The Morgan fingerprint density at radius 3 is 1.86 bits per heavy atom. The summed E-state index contributed by atoms with van der Waals surface area (Å²) in [4.78, 5) is 9.71. The fourth-order valence-electron chi connectivity index (χ4n) is 7.87. The summed E-state index contributed by atoms with van der Waals surface area (Å²) >= 11 is 0. The number of nitrogens with zero attached hydrogens (tertiary/aromatic N) is 4. The van der Waals surface area contributed by atoms with Crippen LogP contribution in [0, 0.1) is 0 Å². The highest BCUT2D eigenvalue weighted by molar-refractivity contribution is 6.12. The molecule has 51 heavy (non-hydrogen) atoms. The second-order valence-corrected chi connectivity index (χ2v) is 13.1. The largest absolute Gasteiger partial charge is 0.453 e. The zero-order valence-electron chi connectivity index (χ0n) is 27.4. The van der Waals surface area contributed by atoms with Crippen molar-refractivity contribution < 1.29 is 4.42 Å². The normalized spacial score (nSPS) is 11.9. The Balaban J connectivity index is 1.08. The van der Waals surface area contributed by atoms with E-state index in [1.807, 2.05) is 24.3 Å². The predicted octanol–water partition coefficient (Wildman–Crippen LogP) is 11.9. The van der Waals surface area contributed by atoms with E-state index in [9.17, 15) is 0 Å². The SMILES string of the molecule is c1ccc(-n2c3ccccc3c3cc(-c4ccc5c6ccccc6n(-c6cccc(-c7ncc8oc9ccccc9c8n7)c6)c5c4)ccc32)cc1. The van der Waals surface area contributed by atoms with Crippen molar-refractivity contribution in [2.75, 3.05) is 0 Å². The number of furan rings is 1. The molecule has 0 atom stereocenters. The summed E-state index contributed by atoms with van der Waals surface area (Å²) in [5, 5.41) is 5.90. The number of benzene rings is 7. The van der Waals surface area contributed by atoms with Crippen LogP contribution in [0.5, 0.6) is 0 Å². The highest BCUT2D eigenvalue weighted by atomic mass is 16.3. The lowest BCUT2D eigenvalue weighted by atomic mass is 10.0. The molecule has 238 valence electrons. The van der Waals surface area contributed by atoms with E-state index >= 15 is 0 Å². The lowest BCUT2D eigenvalue weighted by Crippen LogP contribution is -1.96. The summed E-state index contributed by atoms with van der Waals surface area (Å²) in [5.41, 5.74) is 12.5.